The third-order valence-electron chi connectivity index (χ3n) is 2.48. The van der Waals surface area contributed by atoms with Gasteiger partial charge >= 0.3 is 5.97 Å². The molecule has 0 N–H and O–H groups in total. The summed E-state index contributed by atoms with van der Waals surface area (Å²) in [4.78, 5) is 15.2. The Morgan fingerprint density at radius 2 is 2.31 bits per heavy atom. The number of halogens is 1. The van der Waals surface area contributed by atoms with E-state index in [4.69, 9.17) is 0 Å². The predicted octanol–water partition coefficient (Wildman–Crippen LogP) is 1.43. The van der Waals surface area contributed by atoms with Gasteiger partial charge in [-0.2, -0.15) is 0 Å². The van der Waals surface area contributed by atoms with Crippen molar-refractivity contribution >= 4 is 17.0 Å². The van der Waals surface area contributed by atoms with E-state index in [0.29, 0.717) is 11.3 Å². The highest BCUT2D eigenvalue weighted by molar-refractivity contribution is 5.78. The SMILES string of the molecule is COC(=O)Cc1nc2c(F)cccc2n1C. The molecule has 0 radical (unpaired) electrons. The number of carbonyl (C=O) groups is 1. The second kappa shape index (κ2) is 3.92. The lowest BCUT2D eigenvalue weighted by atomic mass is 10.3. The largest absolute Gasteiger partial charge is 0.469 e. The van der Waals surface area contributed by atoms with Gasteiger partial charge in [0.05, 0.1) is 12.6 Å². The van der Waals surface area contributed by atoms with Crippen LogP contribution in [0, 0.1) is 5.82 Å². The highest BCUT2D eigenvalue weighted by atomic mass is 19.1. The van der Waals surface area contributed by atoms with Gasteiger partial charge in [0.2, 0.25) is 0 Å². The quantitative estimate of drug-likeness (QED) is 0.722. The molecule has 0 bridgehead atoms. The van der Waals surface area contributed by atoms with E-state index in [2.05, 4.69) is 9.72 Å². The van der Waals surface area contributed by atoms with Crippen molar-refractivity contribution in [3.05, 3.63) is 29.8 Å². The van der Waals surface area contributed by atoms with Crippen molar-refractivity contribution < 1.29 is 13.9 Å². The normalized spacial score (nSPS) is 10.7. The number of fused-ring (bicyclic) bond motifs is 1. The van der Waals surface area contributed by atoms with Gasteiger partial charge in [-0.1, -0.05) is 6.07 Å². The summed E-state index contributed by atoms with van der Waals surface area (Å²) in [7, 11) is 3.05. The van der Waals surface area contributed by atoms with Crippen LogP contribution in [0.15, 0.2) is 18.2 Å². The van der Waals surface area contributed by atoms with Crippen LogP contribution in [0.1, 0.15) is 5.82 Å². The van der Waals surface area contributed by atoms with Crippen LogP contribution in [0.2, 0.25) is 0 Å². The summed E-state index contributed by atoms with van der Waals surface area (Å²) >= 11 is 0. The van der Waals surface area contributed by atoms with Gasteiger partial charge in [0.15, 0.2) is 5.82 Å². The number of rotatable bonds is 2. The molecular weight excluding hydrogens is 211 g/mol. The standard InChI is InChI=1S/C11H11FN2O2/c1-14-8-5-3-4-7(12)11(8)13-9(14)6-10(15)16-2/h3-5H,6H2,1-2H3. The van der Waals surface area contributed by atoms with Gasteiger partial charge < -0.3 is 9.30 Å². The summed E-state index contributed by atoms with van der Waals surface area (Å²) in [6.45, 7) is 0. The summed E-state index contributed by atoms with van der Waals surface area (Å²) in [6, 6.07) is 4.71. The lowest BCUT2D eigenvalue weighted by Gasteiger charge is -2.00. The van der Waals surface area contributed by atoms with E-state index in [1.807, 2.05) is 0 Å². The number of esters is 1. The lowest BCUT2D eigenvalue weighted by molar-refractivity contribution is -0.139. The fourth-order valence-corrected chi connectivity index (χ4v) is 1.59. The molecule has 2 rings (SSSR count). The second-order valence-electron chi connectivity index (χ2n) is 3.45. The average Bonchev–Trinajstić information content (AvgIpc) is 2.58. The van der Waals surface area contributed by atoms with Crippen LogP contribution >= 0.6 is 0 Å². The number of hydrogen-bond donors (Lipinski definition) is 0. The number of methoxy groups -OCH3 is 1. The first kappa shape index (κ1) is 10.6. The molecule has 0 unspecified atom stereocenters. The van der Waals surface area contributed by atoms with E-state index in [1.165, 1.54) is 13.2 Å². The van der Waals surface area contributed by atoms with Crippen molar-refractivity contribution in [1.82, 2.24) is 9.55 Å². The Kier molecular flexibility index (Phi) is 2.60. The van der Waals surface area contributed by atoms with Gasteiger partial charge in [0.1, 0.15) is 17.8 Å². The van der Waals surface area contributed by atoms with E-state index < -0.39 is 0 Å². The van der Waals surface area contributed by atoms with Crippen molar-refractivity contribution in [1.29, 1.82) is 0 Å². The van der Waals surface area contributed by atoms with E-state index >= 15 is 0 Å². The summed E-state index contributed by atoms with van der Waals surface area (Å²) in [5.41, 5.74) is 0.947. The van der Waals surface area contributed by atoms with Crippen molar-refractivity contribution in [2.45, 2.75) is 6.42 Å². The van der Waals surface area contributed by atoms with Crippen molar-refractivity contribution in [2.24, 2.45) is 7.05 Å². The van der Waals surface area contributed by atoms with Crippen LogP contribution in [0.25, 0.3) is 11.0 Å². The highest BCUT2D eigenvalue weighted by Crippen LogP contribution is 2.18. The summed E-state index contributed by atoms with van der Waals surface area (Å²) in [5, 5.41) is 0. The summed E-state index contributed by atoms with van der Waals surface area (Å²) in [6.07, 6.45) is 0.0428. The molecule has 0 fully saturated rings. The minimum absolute atomic E-state index is 0.0428. The zero-order valence-electron chi connectivity index (χ0n) is 9.03. The fraction of sp³-hybridized carbons (Fsp3) is 0.273. The third-order valence-corrected chi connectivity index (χ3v) is 2.48. The number of imidazole rings is 1. The minimum atomic E-state index is -0.390. The maximum absolute atomic E-state index is 13.4. The molecule has 0 atom stereocenters. The van der Waals surface area contributed by atoms with Gasteiger partial charge in [-0.3, -0.25) is 4.79 Å². The van der Waals surface area contributed by atoms with Gasteiger partial charge in [-0.05, 0) is 12.1 Å². The van der Waals surface area contributed by atoms with Crippen LogP contribution in [-0.4, -0.2) is 22.6 Å². The smallest absolute Gasteiger partial charge is 0.313 e. The van der Waals surface area contributed by atoms with Gasteiger partial charge in [0, 0.05) is 7.05 Å². The number of benzene rings is 1. The van der Waals surface area contributed by atoms with E-state index in [-0.39, 0.29) is 23.7 Å². The fourth-order valence-electron chi connectivity index (χ4n) is 1.59. The molecule has 0 saturated carbocycles. The average molecular weight is 222 g/mol. The van der Waals surface area contributed by atoms with E-state index in [0.717, 1.165) is 0 Å². The first-order valence-corrected chi connectivity index (χ1v) is 4.80. The molecule has 0 spiro atoms. The molecule has 0 amide bonds. The topological polar surface area (TPSA) is 44.1 Å². The number of carbonyl (C=O) groups excluding carboxylic acids is 1. The number of aryl methyl sites for hydroxylation is 1. The Bertz CT molecular complexity index is 548. The Balaban J connectivity index is 2.52. The summed E-state index contributed by atoms with van der Waals surface area (Å²) in [5.74, 6) is -0.282. The second-order valence-corrected chi connectivity index (χ2v) is 3.45. The molecule has 0 aliphatic heterocycles. The molecule has 0 aliphatic rings. The number of nitrogens with zero attached hydrogens (tertiary/aromatic N) is 2. The van der Waals surface area contributed by atoms with Crippen LogP contribution in [0.5, 0.6) is 0 Å². The number of para-hydroxylation sites is 1. The van der Waals surface area contributed by atoms with Gasteiger partial charge in [-0.15, -0.1) is 0 Å². The zero-order chi connectivity index (χ0) is 11.7. The van der Waals surface area contributed by atoms with Gasteiger partial charge in [-0.25, -0.2) is 9.37 Å². The van der Waals surface area contributed by atoms with Crippen LogP contribution in [0.3, 0.4) is 0 Å². The van der Waals surface area contributed by atoms with E-state index in [1.54, 1.807) is 23.7 Å². The monoisotopic (exact) mass is 222 g/mol. The molecule has 1 heterocycles. The van der Waals surface area contributed by atoms with E-state index in [9.17, 15) is 9.18 Å². The van der Waals surface area contributed by atoms with Crippen molar-refractivity contribution in [3.8, 4) is 0 Å². The first-order chi connectivity index (χ1) is 7.63. The Morgan fingerprint density at radius 1 is 1.56 bits per heavy atom. The third kappa shape index (κ3) is 1.64. The molecule has 4 nitrogen and oxygen atoms in total. The molecule has 5 heteroatoms. The Hall–Kier alpha value is -1.91. The predicted molar refractivity (Wildman–Crippen MR) is 56.4 cm³/mol. The first-order valence-electron chi connectivity index (χ1n) is 4.80. The van der Waals surface area contributed by atoms with Gasteiger partial charge in [0.25, 0.3) is 0 Å². The molecule has 2 aromatic rings. The number of aromatic nitrogens is 2. The number of hydrogen-bond acceptors (Lipinski definition) is 3. The molecular formula is C11H11FN2O2. The Morgan fingerprint density at radius 3 is 2.94 bits per heavy atom. The molecule has 0 aliphatic carbocycles. The molecule has 16 heavy (non-hydrogen) atoms. The molecule has 0 saturated heterocycles. The van der Waals surface area contributed by atoms with Crippen molar-refractivity contribution in [2.75, 3.05) is 7.11 Å². The maximum Gasteiger partial charge on any atom is 0.313 e. The number of ether oxygens (including phenoxy) is 1. The maximum atomic E-state index is 13.4. The highest BCUT2D eigenvalue weighted by Gasteiger charge is 2.13. The molecule has 84 valence electrons. The Labute approximate surface area is 91.7 Å². The van der Waals surface area contributed by atoms with Crippen LogP contribution in [0.4, 0.5) is 4.39 Å². The zero-order valence-corrected chi connectivity index (χ0v) is 9.03. The molecule has 1 aromatic carbocycles. The summed E-state index contributed by atoms with van der Waals surface area (Å²) < 4.78 is 19.6. The van der Waals surface area contributed by atoms with Crippen LogP contribution < -0.4 is 0 Å². The lowest BCUT2D eigenvalue weighted by Crippen LogP contribution is -2.09. The van der Waals surface area contributed by atoms with Crippen LogP contribution in [-0.2, 0) is 23.0 Å². The minimum Gasteiger partial charge on any atom is -0.469 e. The van der Waals surface area contributed by atoms with Crippen molar-refractivity contribution in [3.63, 3.8) is 0 Å². The molecule has 1 aromatic heterocycles.